The molecule has 0 bridgehead atoms. The van der Waals surface area contributed by atoms with Gasteiger partial charge in [-0.05, 0) is 24.8 Å². The Morgan fingerprint density at radius 1 is 1.24 bits per heavy atom. The van der Waals surface area contributed by atoms with Gasteiger partial charge in [0.1, 0.15) is 6.61 Å². The topological polar surface area (TPSA) is 9.23 Å². The Hall–Kier alpha value is -1.50. The predicted molar refractivity (Wildman–Crippen MR) is 71.5 cm³/mol. The quantitative estimate of drug-likeness (QED) is 0.546. The van der Waals surface area contributed by atoms with Crippen LogP contribution in [0.2, 0.25) is 0 Å². The van der Waals surface area contributed by atoms with Gasteiger partial charge in [-0.15, -0.1) is 0 Å². The minimum atomic E-state index is 0.368. The van der Waals surface area contributed by atoms with E-state index in [0.717, 1.165) is 18.6 Å². The summed E-state index contributed by atoms with van der Waals surface area (Å²) in [4.78, 5) is 0. The van der Waals surface area contributed by atoms with Crippen LogP contribution in [0.1, 0.15) is 31.2 Å². The summed E-state index contributed by atoms with van der Waals surface area (Å²) in [6.07, 6.45) is 4.80. The summed E-state index contributed by atoms with van der Waals surface area (Å²) in [7, 11) is 0. The highest BCUT2D eigenvalue weighted by Gasteiger charge is 2.20. The van der Waals surface area contributed by atoms with Crippen LogP contribution in [0.3, 0.4) is 0 Å². The molecule has 0 N–H and O–H groups in total. The molecule has 0 spiro atoms. The van der Waals surface area contributed by atoms with Crippen LogP contribution in [0.25, 0.3) is 0 Å². The van der Waals surface area contributed by atoms with E-state index in [1.54, 1.807) is 0 Å². The molecule has 0 heterocycles. The van der Waals surface area contributed by atoms with E-state index in [2.05, 4.69) is 25.3 Å². The monoisotopic (exact) mass is 228 g/mol. The molecule has 17 heavy (non-hydrogen) atoms. The van der Waals surface area contributed by atoms with E-state index in [-0.39, 0.29) is 0 Å². The molecule has 1 aromatic carbocycles. The first kappa shape index (κ1) is 12.0. The summed E-state index contributed by atoms with van der Waals surface area (Å²) < 4.78 is 5.78. The Morgan fingerprint density at radius 3 is 2.71 bits per heavy atom. The summed E-state index contributed by atoms with van der Waals surface area (Å²) in [6.45, 7) is 8.81. The lowest BCUT2D eigenvalue weighted by molar-refractivity contribution is 0.166. The van der Waals surface area contributed by atoms with Gasteiger partial charge < -0.3 is 4.74 Å². The van der Waals surface area contributed by atoms with Crippen LogP contribution < -0.4 is 0 Å². The highest BCUT2D eigenvalue weighted by molar-refractivity contribution is 5.16. The molecular formula is C16H20O. The molecule has 0 amide bonds. The normalized spacial score (nSPS) is 20.0. The van der Waals surface area contributed by atoms with Crippen LogP contribution in [-0.2, 0) is 11.3 Å². The van der Waals surface area contributed by atoms with Crippen LogP contribution in [-0.4, -0.2) is 0 Å². The molecule has 90 valence electrons. The minimum Gasteiger partial charge on any atom is -0.493 e. The molecule has 1 nitrogen and oxygen atoms in total. The second-order valence-electron chi connectivity index (χ2n) is 4.70. The van der Waals surface area contributed by atoms with Gasteiger partial charge in [0.15, 0.2) is 0 Å². The van der Waals surface area contributed by atoms with Gasteiger partial charge in [-0.3, -0.25) is 0 Å². The average Bonchev–Trinajstić information content (AvgIpc) is 2.38. The van der Waals surface area contributed by atoms with E-state index in [1.165, 1.54) is 24.0 Å². The van der Waals surface area contributed by atoms with Crippen molar-refractivity contribution in [3.8, 4) is 0 Å². The highest BCUT2D eigenvalue weighted by atomic mass is 16.5. The Labute approximate surface area is 104 Å². The van der Waals surface area contributed by atoms with Crippen LogP contribution in [0, 0.1) is 5.92 Å². The third-order valence-corrected chi connectivity index (χ3v) is 3.39. The second kappa shape index (κ2) is 5.72. The number of ether oxygens (including phenoxy) is 1. The van der Waals surface area contributed by atoms with Crippen LogP contribution in [0.5, 0.6) is 0 Å². The van der Waals surface area contributed by atoms with Crippen molar-refractivity contribution in [3.63, 3.8) is 0 Å². The van der Waals surface area contributed by atoms with Gasteiger partial charge in [-0.2, -0.15) is 0 Å². The molecule has 1 fully saturated rings. The lowest BCUT2D eigenvalue weighted by Crippen LogP contribution is -2.13. The van der Waals surface area contributed by atoms with E-state index >= 15 is 0 Å². The summed E-state index contributed by atoms with van der Waals surface area (Å²) in [5.74, 6) is 1.26. The van der Waals surface area contributed by atoms with E-state index < -0.39 is 0 Å². The zero-order chi connectivity index (χ0) is 12.1. The molecule has 0 aliphatic heterocycles. The first-order valence-corrected chi connectivity index (χ1v) is 6.30. The molecule has 2 rings (SSSR count). The molecule has 1 aromatic rings. The van der Waals surface area contributed by atoms with Crippen molar-refractivity contribution >= 4 is 0 Å². The Kier molecular flexibility index (Phi) is 4.03. The van der Waals surface area contributed by atoms with Crippen molar-refractivity contribution in [1.29, 1.82) is 0 Å². The summed E-state index contributed by atoms with van der Waals surface area (Å²) in [5, 5.41) is 0. The van der Waals surface area contributed by atoms with E-state index in [1.807, 2.05) is 18.2 Å². The molecule has 1 aliphatic carbocycles. The van der Waals surface area contributed by atoms with Gasteiger partial charge in [-0.1, -0.05) is 55.5 Å². The van der Waals surface area contributed by atoms with Gasteiger partial charge in [0, 0.05) is 5.92 Å². The molecule has 1 heteroatoms. The van der Waals surface area contributed by atoms with E-state index in [9.17, 15) is 0 Å². The van der Waals surface area contributed by atoms with Gasteiger partial charge in [0.2, 0.25) is 0 Å². The van der Waals surface area contributed by atoms with Crippen molar-refractivity contribution in [1.82, 2.24) is 0 Å². The first-order chi connectivity index (χ1) is 8.27. The molecule has 1 unspecified atom stereocenters. The fourth-order valence-electron chi connectivity index (χ4n) is 2.32. The van der Waals surface area contributed by atoms with Crippen molar-refractivity contribution in [2.24, 2.45) is 5.92 Å². The lowest BCUT2D eigenvalue weighted by Gasteiger charge is -2.26. The van der Waals surface area contributed by atoms with Gasteiger partial charge >= 0.3 is 0 Å². The number of allylic oxidation sites excluding steroid dienone is 1. The van der Waals surface area contributed by atoms with Crippen molar-refractivity contribution in [2.45, 2.75) is 32.3 Å². The molecule has 1 aliphatic rings. The summed E-state index contributed by atoms with van der Waals surface area (Å²) in [5.41, 5.74) is 2.48. The van der Waals surface area contributed by atoms with Gasteiger partial charge in [-0.25, -0.2) is 0 Å². The standard InChI is InChI=1S/C16H20O/c1-13-8-6-7-11-16(13)14(2)17-12-15-9-4-3-5-10-15/h3-5,9-10,16H,1-2,6-8,11-12H2. The molecule has 0 radical (unpaired) electrons. The highest BCUT2D eigenvalue weighted by Crippen LogP contribution is 2.33. The average molecular weight is 228 g/mol. The van der Waals surface area contributed by atoms with Crippen molar-refractivity contribution in [3.05, 3.63) is 60.4 Å². The fourth-order valence-corrected chi connectivity index (χ4v) is 2.32. The number of hydrogen-bond acceptors (Lipinski definition) is 1. The third kappa shape index (κ3) is 3.23. The second-order valence-corrected chi connectivity index (χ2v) is 4.70. The van der Waals surface area contributed by atoms with Gasteiger partial charge in [0.25, 0.3) is 0 Å². The van der Waals surface area contributed by atoms with E-state index in [0.29, 0.717) is 12.5 Å². The Morgan fingerprint density at radius 2 is 2.00 bits per heavy atom. The number of rotatable bonds is 4. The summed E-state index contributed by atoms with van der Waals surface area (Å²) in [6, 6.07) is 10.2. The van der Waals surface area contributed by atoms with Crippen LogP contribution in [0.15, 0.2) is 54.8 Å². The Bertz CT molecular complexity index is 391. The van der Waals surface area contributed by atoms with E-state index in [4.69, 9.17) is 4.74 Å². The zero-order valence-corrected chi connectivity index (χ0v) is 10.3. The Balaban J connectivity index is 1.87. The molecule has 0 saturated heterocycles. The zero-order valence-electron chi connectivity index (χ0n) is 10.3. The minimum absolute atomic E-state index is 0.368. The largest absolute Gasteiger partial charge is 0.493 e. The molecule has 0 aromatic heterocycles. The maximum atomic E-state index is 5.78. The van der Waals surface area contributed by atoms with Gasteiger partial charge in [0.05, 0.1) is 5.76 Å². The number of benzene rings is 1. The lowest BCUT2D eigenvalue weighted by atomic mass is 9.84. The van der Waals surface area contributed by atoms with Crippen LogP contribution >= 0.6 is 0 Å². The third-order valence-electron chi connectivity index (χ3n) is 3.39. The number of hydrogen-bond donors (Lipinski definition) is 0. The molecular weight excluding hydrogens is 208 g/mol. The summed E-state index contributed by atoms with van der Waals surface area (Å²) >= 11 is 0. The fraction of sp³-hybridized carbons (Fsp3) is 0.375. The van der Waals surface area contributed by atoms with Crippen molar-refractivity contribution in [2.75, 3.05) is 0 Å². The van der Waals surface area contributed by atoms with Crippen LogP contribution in [0.4, 0.5) is 0 Å². The maximum absolute atomic E-state index is 5.78. The SMILES string of the molecule is C=C1CCCCC1C(=C)OCc1ccccc1. The van der Waals surface area contributed by atoms with Crippen molar-refractivity contribution < 1.29 is 4.74 Å². The molecule has 1 saturated carbocycles. The first-order valence-electron chi connectivity index (χ1n) is 6.30. The predicted octanol–water partition coefficient (Wildman–Crippen LogP) is 4.46. The maximum Gasteiger partial charge on any atom is 0.113 e. The smallest absolute Gasteiger partial charge is 0.113 e. The molecule has 1 atom stereocenters.